The molecule has 19 heavy (non-hydrogen) atoms. The van der Waals surface area contributed by atoms with Gasteiger partial charge >= 0.3 is 121 Å². The van der Waals surface area contributed by atoms with Gasteiger partial charge in [-0.2, -0.15) is 0 Å². The first-order chi connectivity index (χ1) is 9.12. The van der Waals surface area contributed by atoms with Gasteiger partial charge in [0.2, 0.25) is 0 Å². The molecule has 2 nitrogen and oxygen atoms in total. The summed E-state index contributed by atoms with van der Waals surface area (Å²) in [6.07, 6.45) is 10.9. The summed E-state index contributed by atoms with van der Waals surface area (Å²) in [5.41, 5.74) is 0. The second-order valence-corrected chi connectivity index (χ2v) is 10.5. The normalized spacial score (nSPS) is 14.3. The number of hydrogen-bond acceptors (Lipinski definition) is 2. The second kappa shape index (κ2) is 10.1. The van der Waals surface area contributed by atoms with Gasteiger partial charge in [-0.25, -0.2) is 0 Å². The summed E-state index contributed by atoms with van der Waals surface area (Å²) in [4.78, 5) is 0. The Morgan fingerprint density at radius 3 is 1.11 bits per heavy atom. The van der Waals surface area contributed by atoms with Gasteiger partial charge in [0.15, 0.2) is 0 Å². The van der Waals surface area contributed by atoms with Crippen molar-refractivity contribution in [2.24, 2.45) is 0 Å². The van der Waals surface area contributed by atoms with E-state index in [9.17, 15) is 0 Å². The van der Waals surface area contributed by atoms with Crippen molar-refractivity contribution in [2.75, 3.05) is 31.7 Å². The van der Waals surface area contributed by atoms with Gasteiger partial charge in [0.05, 0.1) is 0 Å². The number of rotatable bonds is 13. The third-order valence-electron chi connectivity index (χ3n) is 3.94. The van der Waals surface area contributed by atoms with Crippen LogP contribution in [0.25, 0.3) is 0 Å². The Morgan fingerprint density at radius 2 is 0.895 bits per heavy atom. The van der Waals surface area contributed by atoms with Crippen molar-refractivity contribution in [1.82, 2.24) is 0 Å². The molecule has 0 saturated heterocycles. The molecule has 0 rings (SSSR count). The van der Waals surface area contributed by atoms with Gasteiger partial charge in [-0.3, -0.25) is 0 Å². The van der Waals surface area contributed by atoms with Crippen LogP contribution in [0.2, 0.25) is 0 Å². The van der Waals surface area contributed by atoms with Gasteiger partial charge in [0.25, 0.3) is 0 Å². The molecule has 0 N–H and O–H groups in total. The molecule has 0 heterocycles. The zero-order chi connectivity index (χ0) is 14.6. The van der Waals surface area contributed by atoms with Crippen LogP contribution < -0.4 is 0 Å². The van der Waals surface area contributed by atoms with Gasteiger partial charge in [0, 0.05) is 0 Å². The van der Waals surface area contributed by atoms with Crippen LogP contribution in [0.3, 0.4) is 0 Å². The molecular weight excluding hydrogens is 255 g/mol. The Morgan fingerprint density at radius 1 is 0.579 bits per heavy atom. The van der Waals surface area contributed by atoms with Gasteiger partial charge in [-0.1, -0.05) is 0 Å². The molecule has 0 fully saturated rings. The SMILES string of the molecule is CCCCP(CCCC)(CCCC)(OCC)OCC. The predicted octanol–water partition coefficient (Wildman–Crippen LogP) is 5.84. The van der Waals surface area contributed by atoms with Crippen LogP contribution in [-0.4, -0.2) is 31.7 Å². The van der Waals surface area contributed by atoms with E-state index in [0.717, 1.165) is 13.2 Å². The van der Waals surface area contributed by atoms with Crippen LogP contribution in [0.4, 0.5) is 0 Å². The minimum atomic E-state index is -2.39. The Balaban J connectivity index is 5.19. The van der Waals surface area contributed by atoms with E-state index in [1.165, 1.54) is 57.0 Å². The van der Waals surface area contributed by atoms with Gasteiger partial charge in [-0.05, 0) is 0 Å². The van der Waals surface area contributed by atoms with Crippen molar-refractivity contribution in [3.8, 4) is 0 Å². The fourth-order valence-corrected chi connectivity index (χ4v) is 8.84. The van der Waals surface area contributed by atoms with E-state index >= 15 is 0 Å². The average Bonchev–Trinajstić information content (AvgIpc) is 2.42. The molecule has 0 aromatic rings. The molecular formula is C16H37O2P. The average molecular weight is 292 g/mol. The Kier molecular flexibility index (Phi) is 10.3. The molecule has 0 saturated carbocycles. The summed E-state index contributed by atoms with van der Waals surface area (Å²) >= 11 is 0. The first-order valence-electron chi connectivity index (χ1n) is 8.43. The van der Waals surface area contributed by atoms with Crippen molar-refractivity contribution in [2.45, 2.75) is 73.1 Å². The maximum absolute atomic E-state index is 6.47. The van der Waals surface area contributed by atoms with E-state index < -0.39 is 7.06 Å². The standard InChI is InChI=1S/C16H37O2P/c1-6-11-14-19(17-9-4,18-10-5,15-12-7-2)16-13-8-3/h6-16H2,1-5H3. The van der Waals surface area contributed by atoms with Crippen molar-refractivity contribution in [3.05, 3.63) is 0 Å². The van der Waals surface area contributed by atoms with Crippen LogP contribution in [0.5, 0.6) is 0 Å². The molecule has 0 aliphatic rings. The molecule has 118 valence electrons. The van der Waals surface area contributed by atoms with Crippen LogP contribution in [0.1, 0.15) is 73.1 Å². The molecule has 0 bridgehead atoms. The molecule has 0 atom stereocenters. The summed E-state index contributed by atoms with van der Waals surface area (Å²) in [7, 11) is -2.39. The molecule has 0 aromatic carbocycles. The zero-order valence-electron chi connectivity index (χ0n) is 14.0. The Labute approximate surface area is 121 Å². The molecule has 0 radical (unpaired) electrons. The molecule has 0 aliphatic heterocycles. The van der Waals surface area contributed by atoms with E-state index in [1.807, 2.05) is 0 Å². The monoisotopic (exact) mass is 292 g/mol. The third-order valence-corrected chi connectivity index (χ3v) is 9.71. The van der Waals surface area contributed by atoms with E-state index in [0.29, 0.717) is 0 Å². The zero-order valence-corrected chi connectivity index (χ0v) is 14.9. The fourth-order valence-electron chi connectivity index (χ4n) is 2.95. The molecule has 0 unspecified atom stereocenters. The summed E-state index contributed by atoms with van der Waals surface area (Å²) < 4.78 is 12.9. The van der Waals surface area contributed by atoms with E-state index in [2.05, 4.69) is 34.6 Å². The van der Waals surface area contributed by atoms with Crippen LogP contribution in [-0.2, 0) is 9.05 Å². The van der Waals surface area contributed by atoms with E-state index in [4.69, 9.17) is 9.05 Å². The van der Waals surface area contributed by atoms with E-state index in [-0.39, 0.29) is 0 Å². The fraction of sp³-hybridized carbons (Fsp3) is 1.00. The Bertz CT molecular complexity index is 184. The van der Waals surface area contributed by atoms with Gasteiger partial charge < -0.3 is 0 Å². The predicted molar refractivity (Wildman–Crippen MR) is 89.5 cm³/mol. The topological polar surface area (TPSA) is 18.5 Å². The maximum atomic E-state index is 6.47. The minimum absolute atomic E-state index is 0.801. The van der Waals surface area contributed by atoms with Crippen LogP contribution in [0, 0.1) is 0 Å². The first-order valence-corrected chi connectivity index (χ1v) is 11.1. The van der Waals surface area contributed by atoms with Crippen LogP contribution >= 0.6 is 7.06 Å². The van der Waals surface area contributed by atoms with Crippen molar-refractivity contribution >= 4 is 7.06 Å². The third kappa shape index (κ3) is 6.10. The molecule has 0 aromatic heterocycles. The van der Waals surface area contributed by atoms with Gasteiger partial charge in [0.1, 0.15) is 0 Å². The summed E-state index contributed by atoms with van der Waals surface area (Å²) in [6, 6.07) is 0. The van der Waals surface area contributed by atoms with E-state index in [1.54, 1.807) is 0 Å². The summed E-state index contributed by atoms with van der Waals surface area (Å²) in [5.74, 6) is 0. The van der Waals surface area contributed by atoms with Crippen molar-refractivity contribution in [3.63, 3.8) is 0 Å². The second-order valence-electron chi connectivity index (χ2n) is 5.59. The first kappa shape index (κ1) is 19.4. The molecule has 0 spiro atoms. The molecule has 3 heteroatoms. The number of hydrogen-bond donors (Lipinski definition) is 0. The summed E-state index contributed by atoms with van der Waals surface area (Å²) in [6.45, 7) is 12.7. The molecule has 0 aliphatic carbocycles. The molecule has 0 amide bonds. The van der Waals surface area contributed by atoms with Crippen LogP contribution in [0.15, 0.2) is 0 Å². The van der Waals surface area contributed by atoms with Gasteiger partial charge in [-0.15, -0.1) is 0 Å². The van der Waals surface area contributed by atoms with Crippen molar-refractivity contribution in [1.29, 1.82) is 0 Å². The quantitative estimate of drug-likeness (QED) is 0.397. The Hall–Kier alpha value is 0.350. The summed E-state index contributed by atoms with van der Waals surface area (Å²) in [5, 5.41) is 0. The number of unbranched alkanes of at least 4 members (excludes halogenated alkanes) is 3. The van der Waals surface area contributed by atoms with Crippen molar-refractivity contribution < 1.29 is 9.05 Å².